The van der Waals surface area contributed by atoms with Gasteiger partial charge in [0.2, 0.25) is 0 Å². The molecule has 1 aliphatic rings. The molecule has 3 aromatic carbocycles. The number of nitrogens with zero attached hydrogens (tertiary/aromatic N) is 2. The molecule has 1 atom stereocenters. The number of ketones is 1. The summed E-state index contributed by atoms with van der Waals surface area (Å²) < 4.78 is 2.96. The van der Waals surface area contributed by atoms with Gasteiger partial charge in [-0.25, -0.2) is 4.98 Å². The quantitative estimate of drug-likeness (QED) is 0.268. The Kier molecular flexibility index (Phi) is 5.86. The first-order valence-corrected chi connectivity index (χ1v) is 13.2. The van der Waals surface area contributed by atoms with Crippen LogP contribution < -0.4 is 5.56 Å². The summed E-state index contributed by atoms with van der Waals surface area (Å²) in [7, 11) is 0. The molecule has 0 fully saturated rings. The van der Waals surface area contributed by atoms with Gasteiger partial charge in [0, 0.05) is 38.9 Å². The van der Waals surface area contributed by atoms with E-state index in [2.05, 4.69) is 30.3 Å². The van der Waals surface area contributed by atoms with E-state index in [1.165, 1.54) is 0 Å². The molecule has 1 unspecified atom stereocenters. The van der Waals surface area contributed by atoms with Crippen molar-refractivity contribution in [3.8, 4) is 0 Å². The van der Waals surface area contributed by atoms with Crippen LogP contribution in [0.4, 0.5) is 0 Å². The van der Waals surface area contributed by atoms with Gasteiger partial charge < -0.3 is 0 Å². The molecule has 36 heavy (non-hydrogen) atoms. The van der Waals surface area contributed by atoms with E-state index in [0.29, 0.717) is 25.1 Å². The smallest absolute Gasteiger partial charge is 0.257 e. The Bertz CT molecular complexity index is 1580. The van der Waals surface area contributed by atoms with E-state index in [9.17, 15) is 9.59 Å². The summed E-state index contributed by atoms with van der Waals surface area (Å²) in [6.45, 7) is 1.90. The van der Waals surface area contributed by atoms with Crippen LogP contribution in [0.3, 0.4) is 0 Å². The molecule has 2 aromatic heterocycles. The average Bonchev–Trinajstić information content (AvgIpc) is 3.35. The van der Waals surface area contributed by atoms with Crippen LogP contribution in [0.5, 0.6) is 0 Å². The second-order valence-corrected chi connectivity index (χ2v) is 10.3. The predicted molar refractivity (Wildman–Crippen MR) is 145 cm³/mol. The van der Waals surface area contributed by atoms with Gasteiger partial charge >= 0.3 is 0 Å². The molecule has 5 aromatic rings. The molecule has 0 saturated heterocycles. The van der Waals surface area contributed by atoms with Crippen LogP contribution in [-0.4, -0.2) is 15.3 Å². The number of fused-ring (bicyclic) bond motifs is 2. The number of hydrogen-bond donors (Lipinski definition) is 0. The van der Waals surface area contributed by atoms with Gasteiger partial charge in [0.05, 0.1) is 11.7 Å². The largest absolute Gasteiger partial charge is 0.294 e. The van der Waals surface area contributed by atoms with E-state index in [-0.39, 0.29) is 23.3 Å². The molecule has 0 saturated carbocycles. The van der Waals surface area contributed by atoms with E-state index in [4.69, 9.17) is 4.98 Å². The highest BCUT2D eigenvalue weighted by Crippen LogP contribution is 2.33. The van der Waals surface area contributed by atoms with Crippen LogP contribution >= 0.6 is 11.3 Å². The first-order valence-electron chi connectivity index (χ1n) is 12.3. The van der Waals surface area contributed by atoms with Gasteiger partial charge in [-0.2, -0.15) is 0 Å². The highest BCUT2D eigenvalue weighted by atomic mass is 32.1. The van der Waals surface area contributed by atoms with Crippen molar-refractivity contribution < 1.29 is 4.79 Å². The molecule has 0 spiro atoms. The molecular formula is C31H26N2O2S. The maximum absolute atomic E-state index is 13.9. The number of Topliss-reactive ketones (excluding diaryl/α,β-unsaturated/α-hetero) is 1. The van der Waals surface area contributed by atoms with Crippen molar-refractivity contribution in [1.82, 2.24) is 9.55 Å². The molecule has 0 N–H and O–H groups in total. The first kappa shape index (κ1) is 22.6. The summed E-state index contributed by atoms with van der Waals surface area (Å²) in [6.07, 6.45) is 1.74. The number of hydrogen-bond acceptors (Lipinski definition) is 4. The van der Waals surface area contributed by atoms with Gasteiger partial charge in [-0.1, -0.05) is 78.9 Å². The lowest BCUT2D eigenvalue weighted by Gasteiger charge is -2.27. The number of aryl methyl sites for hydroxylation is 1. The number of benzene rings is 3. The van der Waals surface area contributed by atoms with Gasteiger partial charge in [0.25, 0.3) is 5.56 Å². The molecule has 0 radical (unpaired) electrons. The fourth-order valence-corrected chi connectivity index (χ4v) is 6.43. The molecule has 2 heterocycles. The van der Waals surface area contributed by atoms with Crippen molar-refractivity contribution in [2.24, 2.45) is 5.92 Å². The Morgan fingerprint density at radius 3 is 2.28 bits per heavy atom. The number of carbonyl (C=O) groups is 1. The topological polar surface area (TPSA) is 52.0 Å². The summed E-state index contributed by atoms with van der Waals surface area (Å²) in [4.78, 5) is 32.4. The fraction of sp³-hybridized carbons (Fsp3) is 0.194. The SMILES string of the molecule is Cc1nc2c(c(=O)n1C(c1ccccc1)c1ccccc1)CCC(C(=O)c1csc3ccccc13)C2. The number of carbonyl (C=O) groups excluding carboxylic acids is 1. The Morgan fingerprint density at radius 1 is 0.944 bits per heavy atom. The van der Waals surface area contributed by atoms with Crippen molar-refractivity contribution in [1.29, 1.82) is 0 Å². The van der Waals surface area contributed by atoms with Crippen LogP contribution in [0.1, 0.15) is 51.0 Å². The lowest BCUT2D eigenvalue weighted by atomic mass is 9.82. The molecule has 0 amide bonds. The van der Waals surface area contributed by atoms with Crippen LogP contribution in [-0.2, 0) is 12.8 Å². The Hall–Kier alpha value is -3.83. The summed E-state index contributed by atoms with van der Waals surface area (Å²) in [5.74, 6) is 0.676. The second-order valence-electron chi connectivity index (χ2n) is 9.43. The Labute approximate surface area is 213 Å². The van der Waals surface area contributed by atoms with Crippen molar-refractivity contribution in [3.05, 3.63) is 134 Å². The minimum absolute atomic E-state index is 0.00193. The van der Waals surface area contributed by atoms with Crippen molar-refractivity contribution >= 4 is 27.2 Å². The van der Waals surface area contributed by atoms with Crippen LogP contribution in [0.15, 0.2) is 95.1 Å². The molecule has 0 aliphatic heterocycles. The summed E-state index contributed by atoms with van der Waals surface area (Å²) >= 11 is 1.61. The normalized spacial score (nSPS) is 15.2. The lowest BCUT2D eigenvalue weighted by Crippen LogP contribution is -2.36. The Morgan fingerprint density at radius 2 is 1.58 bits per heavy atom. The third-order valence-electron chi connectivity index (χ3n) is 7.26. The zero-order valence-electron chi connectivity index (χ0n) is 20.1. The molecule has 6 rings (SSSR count). The van der Waals surface area contributed by atoms with Crippen LogP contribution in [0, 0.1) is 12.8 Å². The lowest BCUT2D eigenvalue weighted by molar-refractivity contribution is 0.0909. The van der Waals surface area contributed by atoms with E-state index in [0.717, 1.165) is 38.0 Å². The molecule has 178 valence electrons. The summed E-state index contributed by atoms with van der Waals surface area (Å²) in [5.41, 5.74) is 4.41. The number of aromatic nitrogens is 2. The third-order valence-corrected chi connectivity index (χ3v) is 8.22. The van der Waals surface area contributed by atoms with Crippen LogP contribution in [0.25, 0.3) is 10.1 Å². The zero-order valence-corrected chi connectivity index (χ0v) is 20.9. The van der Waals surface area contributed by atoms with Gasteiger partial charge in [-0.15, -0.1) is 11.3 Å². The first-order chi connectivity index (χ1) is 17.6. The molecular weight excluding hydrogens is 464 g/mol. The van der Waals surface area contributed by atoms with Gasteiger partial charge in [-0.05, 0) is 37.0 Å². The second kappa shape index (κ2) is 9.32. The monoisotopic (exact) mass is 490 g/mol. The molecule has 1 aliphatic carbocycles. The van der Waals surface area contributed by atoms with Crippen molar-refractivity contribution in [3.63, 3.8) is 0 Å². The Balaban J connectivity index is 1.39. The van der Waals surface area contributed by atoms with E-state index < -0.39 is 0 Å². The van der Waals surface area contributed by atoms with Gasteiger partial charge in [0.1, 0.15) is 5.82 Å². The van der Waals surface area contributed by atoms with Crippen molar-refractivity contribution in [2.45, 2.75) is 32.2 Å². The summed E-state index contributed by atoms with van der Waals surface area (Å²) in [6, 6.07) is 28.0. The highest BCUT2D eigenvalue weighted by Gasteiger charge is 2.31. The maximum Gasteiger partial charge on any atom is 0.257 e. The molecule has 0 bridgehead atoms. The standard InChI is InChI=1S/C31H26N2O2S/c1-20-32-27-18-23(30(34)26-19-36-28-15-9-8-14-24(26)28)16-17-25(27)31(35)33(20)29(21-10-4-2-5-11-21)22-12-6-3-7-13-22/h2-15,19,23,29H,16-18H2,1H3. The van der Waals surface area contributed by atoms with Crippen molar-refractivity contribution in [2.75, 3.05) is 0 Å². The number of rotatable bonds is 5. The number of thiophene rings is 1. The summed E-state index contributed by atoms with van der Waals surface area (Å²) in [5, 5.41) is 3.00. The predicted octanol–water partition coefficient (Wildman–Crippen LogP) is 6.39. The van der Waals surface area contributed by atoms with E-state index in [1.54, 1.807) is 11.3 Å². The highest BCUT2D eigenvalue weighted by molar-refractivity contribution is 7.17. The molecule has 4 nitrogen and oxygen atoms in total. The van der Waals surface area contributed by atoms with Crippen LogP contribution in [0.2, 0.25) is 0 Å². The van der Waals surface area contributed by atoms with Gasteiger partial charge in [-0.3, -0.25) is 14.2 Å². The maximum atomic E-state index is 13.9. The third kappa shape index (κ3) is 3.90. The van der Waals surface area contributed by atoms with Gasteiger partial charge in [0.15, 0.2) is 5.78 Å². The van der Waals surface area contributed by atoms with E-state index >= 15 is 0 Å². The van der Waals surface area contributed by atoms with E-state index in [1.807, 2.05) is 71.5 Å². The fourth-order valence-electron chi connectivity index (χ4n) is 5.48. The molecule has 5 heteroatoms. The average molecular weight is 491 g/mol. The zero-order chi connectivity index (χ0) is 24.6. The minimum atomic E-state index is -0.255. The minimum Gasteiger partial charge on any atom is -0.294 e.